The summed E-state index contributed by atoms with van der Waals surface area (Å²) >= 11 is 0. The fourth-order valence-corrected chi connectivity index (χ4v) is 4.16. The lowest BCUT2D eigenvalue weighted by Crippen LogP contribution is -2.23. The van der Waals surface area contributed by atoms with Crippen molar-refractivity contribution in [3.05, 3.63) is 42.5 Å². The maximum absolute atomic E-state index is 12.7. The summed E-state index contributed by atoms with van der Waals surface area (Å²) in [4.78, 5) is 0. The van der Waals surface area contributed by atoms with Gasteiger partial charge in [0.2, 0.25) is 0 Å². The van der Waals surface area contributed by atoms with E-state index in [1.165, 1.54) is 19.6 Å². The summed E-state index contributed by atoms with van der Waals surface area (Å²) in [7, 11) is -0.322. The first kappa shape index (κ1) is 17.0. The molecule has 0 spiro atoms. The Hall–Kier alpha value is -1.35. The Morgan fingerprint density at radius 2 is 1.68 bits per heavy atom. The fourth-order valence-electron chi connectivity index (χ4n) is 2.51. The van der Waals surface area contributed by atoms with Gasteiger partial charge in [-0.15, -0.1) is 0 Å². The molecule has 2 rings (SSSR count). The summed E-state index contributed by atoms with van der Waals surface area (Å²) in [5, 5.41) is 5.65. The zero-order valence-corrected chi connectivity index (χ0v) is 14.5. The van der Waals surface area contributed by atoms with E-state index in [0.717, 1.165) is 11.1 Å². The van der Waals surface area contributed by atoms with Gasteiger partial charge in [-0.1, -0.05) is 44.2 Å². The van der Waals surface area contributed by atoms with E-state index in [0.29, 0.717) is 12.3 Å². The Labute approximate surface area is 132 Å². The van der Waals surface area contributed by atoms with Gasteiger partial charge in [-0.25, -0.2) is 0 Å². The minimum atomic E-state index is -3.18. The molecule has 0 bridgehead atoms. The number of hydrogen-bond donors (Lipinski definition) is 1. The third-order valence-corrected chi connectivity index (χ3v) is 5.79. The number of fused-ring (bicyclic) bond motifs is 1. The zero-order valence-electron chi connectivity index (χ0n) is 13.6. The largest absolute Gasteiger partial charge is 0.372 e. The van der Waals surface area contributed by atoms with E-state index >= 15 is 0 Å². The maximum Gasteiger partial charge on any atom is 0.352 e. The van der Waals surface area contributed by atoms with Gasteiger partial charge in [-0.3, -0.25) is 4.57 Å². The molecule has 22 heavy (non-hydrogen) atoms. The Bertz CT molecular complexity index is 664. The van der Waals surface area contributed by atoms with Gasteiger partial charge in [0, 0.05) is 19.9 Å². The smallest absolute Gasteiger partial charge is 0.352 e. The van der Waals surface area contributed by atoms with E-state index < -0.39 is 7.60 Å². The molecule has 1 N–H and O–H groups in total. The zero-order chi connectivity index (χ0) is 16.2. The Balaban J connectivity index is 2.30. The minimum absolute atomic E-state index is 0.372. The third kappa shape index (κ3) is 3.89. The lowest BCUT2D eigenvalue weighted by molar-refractivity contribution is 0.264. The maximum atomic E-state index is 12.7. The van der Waals surface area contributed by atoms with Crippen LogP contribution in [0.5, 0.6) is 0 Å². The predicted molar refractivity (Wildman–Crippen MR) is 92.4 cm³/mol. The van der Waals surface area contributed by atoms with Crippen molar-refractivity contribution in [1.82, 2.24) is 0 Å². The van der Waals surface area contributed by atoms with E-state index in [9.17, 15) is 4.57 Å². The van der Waals surface area contributed by atoms with E-state index in [1.807, 2.05) is 18.2 Å². The molecule has 1 atom stereocenters. The summed E-state index contributed by atoms with van der Waals surface area (Å²) < 4.78 is 23.1. The van der Waals surface area contributed by atoms with Crippen LogP contribution in [0.1, 0.15) is 20.3 Å². The summed E-state index contributed by atoms with van der Waals surface area (Å²) in [5.74, 6) is 0.000226. The average Bonchev–Trinajstić information content (AvgIpc) is 2.53. The van der Waals surface area contributed by atoms with Crippen molar-refractivity contribution >= 4 is 24.1 Å². The molecular weight excluding hydrogens is 297 g/mol. The predicted octanol–water partition coefficient (Wildman–Crippen LogP) is 5.11. The standard InChI is InChI=1S/C17H24NO3P/c1-13(2)11-17(22(19,20-3)21-4)18-16-10-9-14-7-5-6-8-15(14)12-16/h5-10,12-13,17-18H,11H2,1-4H3. The van der Waals surface area contributed by atoms with Crippen LogP contribution in [0, 0.1) is 5.92 Å². The van der Waals surface area contributed by atoms with E-state index in [1.54, 1.807) is 0 Å². The van der Waals surface area contributed by atoms with Crippen LogP contribution in [-0.2, 0) is 13.6 Å². The van der Waals surface area contributed by atoms with E-state index in [4.69, 9.17) is 9.05 Å². The molecule has 0 heterocycles. The van der Waals surface area contributed by atoms with Crippen molar-refractivity contribution in [2.45, 2.75) is 26.1 Å². The topological polar surface area (TPSA) is 47.6 Å². The van der Waals surface area contributed by atoms with Crippen LogP contribution < -0.4 is 5.32 Å². The second-order valence-corrected chi connectivity index (χ2v) is 8.19. The van der Waals surface area contributed by atoms with Crippen LogP contribution in [0.4, 0.5) is 5.69 Å². The highest BCUT2D eigenvalue weighted by Gasteiger charge is 2.34. The van der Waals surface area contributed by atoms with Gasteiger partial charge >= 0.3 is 7.60 Å². The van der Waals surface area contributed by atoms with Gasteiger partial charge in [0.05, 0.1) is 0 Å². The van der Waals surface area contributed by atoms with Gasteiger partial charge in [-0.05, 0) is 35.2 Å². The first-order valence-corrected chi connectivity index (χ1v) is 9.06. The molecule has 4 nitrogen and oxygen atoms in total. The SMILES string of the molecule is COP(=O)(OC)C(CC(C)C)Nc1ccc2ccccc2c1. The number of rotatable bonds is 7. The van der Waals surface area contributed by atoms with Crippen LogP contribution in [0.15, 0.2) is 42.5 Å². The molecule has 0 radical (unpaired) electrons. The molecule has 0 saturated heterocycles. The molecule has 0 saturated carbocycles. The van der Waals surface area contributed by atoms with Crippen molar-refractivity contribution in [2.75, 3.05) is 19.5 Å². The molecule has 0 aliphatic heterocycles. The average molecular weight is 321 g/mol. The van der Waals surface area contributed by atoms with Gasteiger partial charge in [-0.2, -0.15) is 0 Å². The van der Waals surface area contributed by atoms with Crippen LogP contribution >= 0.6 is 7.60 Å². The molecule has 5 heteroatoms. The van der Waals surface area contributed by atoms with Gasteiger partial charge in [0.25, 0.3) is 0 Å². The Kier molecular flexibility index (Phi) is 5.63. The number of hydrogen-bond acceptors (Lipinski definition) is 4. The first-order valence-electron chi connectivity index (χ1n) is 7.45. The number of anilines is 1. The monoisotopic (exact) mass is 321 g/mol. The lowest BCUT2D eigenvalue weighted by atomic mass is 10.1. The molecule has 0 aromatic heterocycles. The fraction of sp³-hybridized carbons (Fsp3) is 0.412. The van der Waals surface area contributed by atoms with Crippen molar-refractivity contribution < 1.29 is 13.6 Å². The quantitative estimate of drug-likeness (QED) is 0.720. The van der Waals surface area contributed by atoms with Crippen LogP contribution in [0.2, 0.25) is 0 Å². The van der Waals surface area contributed by atoms with Crippen molar-refractivity contribution in [3.63, 3.8) is 0 Å². The van der Waals surface area contributed by atoms with Gasteiger partial charge in [0.1, 0.15) is 5.78 Å². The van der Waals surface area contributed by atoms with Gasteiger partial charge in [0.15, 0.2) is 0 Å². The highest BCUT2D eigenvalue weighted by molar-refractivity contribution is 7.54. The highest BCUT2D eigenvalue weighted by atomic mass is 31.2. The van der Waals surface area contributed by atoms with Gasteiger partial charge < -0.3 is 14.4 Å². The number of benzene rings is 2. The summed E-state index contributed by atoms with van der Waals surface area (Å²) in [6.07, 6.45) is 0.700. The van der Waals surface area contributed by atoms with Crippen LogP contribution in [0.3, 0.4) is 0 Å². The minimum Gasteiger partial charge on any atom is -0.372 e. The molecule has 0 aliphatic rings. The molecule has 0 aliphatic carbocycles. The van der Waals surface area contributed by atoms with Crippen molar-refractivity contribution in [1.29, 1.82) is 0 Å². The second kappa shape index (κ2) is 7.28. The van der Waals surface area contributed by atoms with E-state index in [-0.39, 0.29) is 5.78 Å². The van der Waals surface area contributed by atoms with Crippen molar-refractivity contribution in [3.8, 4) is 0 Å². The Morgan fingerprint density at radius 3 is 2.27 bits per heavy atom. The summed E-state index contributed by atoms with van der Waals surface area (Å²) in [6, 6.07) is 14.2. The second-order valence-electron chi connectivity index (χ2n) is 5.76. The molecule has 2 aromatic rings. The summed E-state index contributed by atoms with van der Waals surface area (Å²) in [5.41, 5.74) is 0.915. The Morgan fingerprint density at radius 1 is 1.05 bits per heavy atom. The van der Waals surface area contributed by atoms with Crippen LogP contribution in [0.25, 0.3) is 10.8 Å². The molecule has 2 aromatic carbocycles. The van der Waals surface area contributed by atoms with Crippen molar-refractivity contribution in [2.24, 2.45) is 5.92 Å². The van der Waals surface area contributed by atoms with Crippen LogP contribution in [-0.4, -0.2) is 20.0 Å². The molecule has 0 amide bonds. The lowest BCUT2D eigenvalue weighted by Gasteiger charge is -2.27. The van der Waals surface area contributed by atoms with E-state index in [2.05, 4.69) is 43.4 Å². The highest BCUT2D eigenvalue weighted by Crippen LogP contribution is 2.53. The molecular formula is C17H24NO3P. The first-order chi connectivity index (χ1) is 10.5. The molecule has 0 fully saturated rings. The summed E-state index contributed by atoms with van der Waals surface area (Å²) in [6.45, 7) is 4.18. The normalized spacial score (nSPS) is 13.5. The number of nitrogens with one attached hydrogen (secondary N) is 1. The third-order valence-electron chi connectivity index (χ3n) is 3.67. The molecule has 120 valence electrons. The molecule has 1 unspecified atom stereocenters.